The van der Waals surface area contributed by atoms with Crippen molar-refractivity contribution >= 4 is 0 Å². The molecule has 0 fully saturated rings. The van der Waals surface area contributed by atoms with E-state index in [1.807, 2.05) is 5.92 Å². The molecule has 0 N–H and O–H groups in total. The van der Waals surface area contributed by atoms with E-state index in [9.17, 15) is 43.9 Å². The summed E-state index contributed by atoms with van der Waals surface area (Å²) in [4.78, 5) is 0. The molecule has 0 aliphatic heterocycles. The van der Waals surface area contributed by atoms with Crippen LogP contribution in [0.5, 0.6) is 5.75 Å². The topological polar surface area (TPSA) is 18.5 Å². The van der Waals surface area contributed by atoms with Crippen molar-refractivity contribution in [2.24, 2.45) is 5.92 Å². The van der Waals surface area contributed by atoms with Gasteiger partial charge >= 0.3 is 6.11 Å². The highest BCUT2D eigenvalue weighted by atomic mass is 19.3. The average Bonchev–Trinajstić information content (AvgIpc) is 2.93. The molecule has 44 heavy (non-hydrogen) atoms. The first-order valence-corrected chi connectivity index (χ1v) is 12.3. The van der Waals surface area contributed by atoms with E-state index < -0.39 is 81.0 Å². The average molecular weight is 622 g/mol. The molecule has 0 bridgehead atoms. The Morgan fingerprint density at radius 2 is 1.34 bits per heavy atom. The number of rotatable bonds is 6. The molecular formula is C32H16F10O2. The Morgan fingerprint density at radius 3 is 1.91 bits per heavy atom. The molecule has 0 saturated heterocycles. The Balaban J connectivity index is 1.50. The summed E-state index contributed by atoms with van der Waals surface area (Å²) in [6.07, 6.45) is -2.28. The van der Waals surface area contributed by atoms with Gasteiger partial charge in [0.25, 0.3) is 0 Å². The highest BCUT2D eigenvalue weighted by Gasteiger charge is 2.42. The van der Waals surface area contributed by atoms with Crippen LogP contribution in [0.15, 0.2) is 72.8 Å². The minimum Gasteiger partial charge on any atom is -0.489 e. The molecule has 0 radical (unpaired) electrons. The van der Waals surface area contributed by atoms with Crippen molar-refractivity contribution in [2.75, 3.05) is 6.61 Å². The summed E-state index contributed by atoms with van der Waals surface area (Å²) in [6.45, 7) is 3.36. The van der Waals surface area contributed by atoms with Crippen LogP contribution < -0.4 is 4.74 Å². The Bertz CT molecular complexity index is 1750. The molecule has 1 unspecified atom stereocenters. The maximum Gasteiger partial charge on any atom is 0.432 e. The fraction of sp³-hybridized carbons (Fsp3) is 0.125. The van der Waals surface area contributed by atoms with Gasteiger partial charge in [0.05, 0.1) is 11.5 Å². The molecule has 1 atom stereocenters. The van der Waals surface area contributed by atoms with E-state index >= 15 is 0 Å². The number of ether oxygens (including phenoxy) is 2. The maximum atomic E-state index is 14.8. The minimum atomic E-state index is -4.66. The first-order chi connectivity index (χ1) is 20.8. The molecule has 0 saturated carbocycles. The summed E-state index contributed by atoms with van der Waals surface area (Å²) in [7, 11) is 0. The lowest BCUT2D eigenvalue weighted by molar-refractivity contribution is -0.225. The summed E-state index contributed by atoms with van der Waals surface area (Å²) in [5, 5.41) is 0. The molecule has 2 nitrogen and oxygen atoms in total. The Kier molecular flexibility index (Phi) is 9.43. The normalized spacial score (nSPS) is 14.4. The van der Waals surface area contributed by atoms with Crippen LogP contribution in [0, 0.1) is 70.3 Å². The van der Waals surface area contributed by atoms with Crippen molar-refractivity contribution in [1.29, 1.82) is 0 Å². The van der Waals surface area contributed by atoms with Crippen LogP contribution in [-0.2, 0) is 10.8 Å². The Labute approximate surface area is 243 Å². The summed E-state index contributed by atoms with van der Waals surface area (Å²) in [5.41, 5.74) is -3.47. The lowest BCUT2D eigenvalue weighted by Crippen LogP contribution is -2.22. The fourth-order valence-corrected chi connectivity index (χ4v) is 3.80. The van der Waals surface area contributed by atoms with E-state index in [1.54, 1.807) is 0 Å². The summed E-state index contributed by atoms with van der Waals surface area (Å²) < 4.78 is 151. The zero-order valence-electron chi connectivity index (χ0n) is 22.0. The SMILES string of the molecule is C=CCOc1cc(F)c(C#Cc2cc(F)c(C(F)(F)OC3=CCC(C#Cc4cc(F)c(F)c(F)c4)C(F)=C3)c(F)c2)c(F)c1. The van der Waals surface area contributed by atoms with E-state index in [2.05, 4.69) is 29.1 Å². The van der Waals surface area contributed by atoms with Crippen LogP contribution in [0.4, 0.5) is 43.9 Å². The van der Waals surface area contributed by atoms with Crippen molar-refractivity contribution in [3.63, 3.8) is 0 Å². The molecule has 4 rings (SSSR count). The molecule has 0 spiro atoms. The number of alkyl halides is 2. The van der Waals surface area contributed by atoms with Crippen molar-refractivity contribution < 1.29 is 53.4 Å². The minimum absolute atomic E-state index is 0.0355. The van der Waals surface area contributed by atoms with Gasteiger partial charge < -0.3 is 9.47 Å². The summed E-state index contributed by atoms with van der Waals surface area (Å²) >= 11 is 0. The van der Waals surface area contributed by atoms with Gasteiger partial charge in [-0.3, -0.25) is 0 Å². The zero-order valence-corrected chi connectivity index (χ0v) is 22.0. The first kappa shape index (κ1) is 31.8. The predicted octanol–water partition coefficient (Wildman–Crippen LogP) is 8.50. The van der Waals surface area contributed by atoms with Gasteiger partial charge in [-0.25, -0.2) is 35.1 Å². The molecule has 1 aliphatic carbocycles. The van der Waals surface area contributed by atoms with Gasteiger partial charge in [-0.15, -0.1) is 0 Å². The van der Waals surface area contributed by atoms with Crippen LogP contribution in [0.3, 0.4) is 0 Å². The summed E-state index contributed by atoms with van der Waals surface area (Å²) in [5.74, 6) is -5.35. The molecular weight excluding hydrogens is 606 g/mol. The molecule has 3 aromatic rings. The van der Waals surface area contributed by atoms with Crippen molar-refractivity contribution in [1.82, 2.24) is 0 Å². The molecule has 0 heterocycles. The molecule has 1 aliphatic rings. The second kappa shape index (κ2) is 13.0. The quantitative estimate of drug-likeness (QED) is 0.119. The van der Waals surface area contributed by atoms with Crippen LogP contribution in [0.2, 0.25) is 0 Å². The number of benzene rings is 3. The number of hydrogen-bond donors (Lipinski definition) is 0. The Morgan fingerprint density at radius 1 is 0.773 bits per heavy atom. The Hall–Kier alpha value is -5.10. The lowest BCUT2D eigenvalue weighted by atomic mass is 9.98. The van der Waals surface area contributed by atoms with Gasteiger partial charge in [0.15, 0.2) is 17.5 Å². The molecule has 0 amide bonds. The van der Waals surface area contributed by atoms with E-state index in [0.717, 1.165) is 18.2 Å². The monoisotopic (exact) mass is 622 g/mol. The smallest absolute Gasteiger partial charge is 0.432 e. The van der Waals surface area contributed by atoms with Gasteiger partial charge in [0, 0.05) is 29.3 Å². The molecule has 226 valence electrons. The zero-order chi connectivity index (χ0) is 32.2. The number of hydrogen-bond acceptors (Lipinski definition) is 2. The van der Waals surface area contributed by atoms with E-state index in [0.29, 0.717) is 30.3 Å². The largest absolute Gasteiger partial charge is 0.489 e. The summed E-state index contributed by atoms with van der Waals surface area (Å²) in [6, 6.07) is 3.57. The third-order valence-corrected chi connectivity index (χ3v) is 5.84. The lowest BCUT2D eigenvalue weighted by Gasteiger charge is -2.22. The number of allylic oxidation sites excluding steroid dienone is 3. The van der Waals surface area contributed by atoms with E-state index in [-0.39, 0.29) is 24.3 Å². The third kappa shape index (κ3) is 7.27. The van der Waals surface area contributed by atoms with Crippen LogP contribution in [0.1, 0.15) is 28.7 Å². The van der Waals surface area contributed by atoms with Crippen molar-refractivity contribution in [2.45, 2.75) is 12.5 Å². The van der Waals surface area contributed by atoms with Crippen molar-refractivity contribution in [3.05, 3.63) is 136 Å². The predicted molar refractivity (Wildman–Crippen MR) is 138 cm³/mol. The van der Waals surface area contributed by atoms with Gasteiger partial charge in [-0.2, -0.15) is 8.78 Å². The van der Waals surface area contributed by atoms with Gasteiger partial charge in [0.2, 0.25) is 0 Å². The highest BCUT2D eigenvalue weighted by molar-refractivity contribution is 5.47. The fourth-order valence-electron chi connectivity index (χ4n) is 3.80. The molecule has 3 aromatic carbocycles. The van der Waals surface area contributed by atoms with Gasteiger partial charge in [-0.1, -0.05) is 36.3 Å². The van der Waals surface area contributed by atoms with Gasteiger partial charge in [-0.05, 0) is 36.8 Å². The second-order valence-corrected chi connectivity index (χ2v) is 8.99. The van der Waals surface area contributed by atoms with E-state index in [4.69, 9.17) is 4.74 Å². The number of halogens is 10. The highest BCUT2D eigenvalue weighted by Crippen LogP contribution is 2.38. The first-order valence-electron chi connectivity index (χ1n) is 12.3. The molecule has 0 aromatic heterocycles. The second-order valence-electron chi connectivity index (χ2n) is 8.99. The standard InChI is InChI=1S/C32H16F10O2/c1-2-9-43-21-15-24(34)22(25(35)16-21)8-4-18-10-26(36)30(27(37)11-18)32(41,42)44-20-7-6-19(23(33)14-20)5-3-17-12-28(38)31(40)29(39)13-17/h2,7,10-16,19H,1,6,9H2. The molecule has 12 heteroatoms. The van der Waals surface area contributed by atoms with Crippen LogP contribution in [0.25, 0.3) is 0 Å². The van der Waals surface area contributed by atoms with Crippen molar-refractivity contribution in [3.8, 4) is 29.4 Å². The van der Waals surface area contributed by atoms with Gasteiger partial charge in [0.1, 0.15) is 52.8 Å². The van der Waals surface area contributed by atoms with E-state index in [1.165, 1.54) is 6.08 Å². The van der Waals surface area contributed by atoms with Crippen LogP contribution >= 0.6 is 0 Å². The third-order valence-electron chi connectivity index (χ3n) is 5.84. The maximum absolute atomic E-state index is 14.8. The van der Waals surface area contributed by atoms with Crippen LogP contribution in [-0.4, -0.2) is 6.61 Å².